The smallest absolute Gasteiger partial charge is 0.252 e. The summed E-state index contributed by atoms with van der Waals surface area (Å²) in [7, 11) is 3.57. The van der Waals surface area contributed by atoms with E-state index in [1.54, 1.807) is 11.8 Å². The van der Waals surface area contributed by atoms with Crippen LogP contribution >= 0.6 is 0 Å². The molecule has 0 unspecified atom stereocenters. The predicted octanol–water partition coefficient (Wildman–Crippen LogP) is 4.96. The van der Waals surface area contributed by atoms with Gasteiger partial charge >= 0.3 is 0 Å². The van der Waals surface area contributed by atoms with Crippen LogP contribution in [0.4, 0.5) is 5.69 Å². The summed E-state index contributed by atoms with van der Waals surface area (Å²) >= 11 is 0. The number of piperazine rings is 1. The fourth-order valence-electron chi connectivity index (χ4n) is 5.96. The van der Waals surface area contributed by atoms with E-state index in [1.165, 1.54) is 25.8 Å². The first-order valence-electron chi connectivity index (χ1n) is 13.5. The van der Waals surface area contributed by atoms with Crippen LogP contribution in [0.1, 0.15) is 60.6 Å². The highest BCUT2D eigenvalue weighted by molar-refractivity contribution is 5.97. The SMILES string of the molecule is CCCN1[C@@H]2CC[C@H]1CN(c1ccc(C)c(C(=O)N[C@H](C)c3cc(OC)cc(-c4cnn(C)c4)c3)c1)C2. The largest absolute Gasteiger partial charge is 0.497 e. The van der Waals surface area contributed by atoms with Gasteiger partial charge in [-0.15, -0.1) is 0 Å². The van der Waals surface area contributed by atoms with Gasteiger partial charge in [-0.05, 0) is 86.7 Å². The van der Waals surface area contributed by atoms with E-state index in [2.05, 4.69) is 51.4 Å². The lowest BCUT2D eigenvalue weighted by atomic mass is 10.0. The number of rotatable bonds is 8. The van der Waals surface area contributed by atoms with Crippen LogP contribution in [0.2, 0.25) is 0 Å². The number of fused-ring (bicyclic) bond motifs is 2. The Morgan fingerprint density at radius 2 is 1.89 bits per heavy atom. The monoisotopic (exact) mass is 501 g/mol. The topological polar surface area (TPSA) is 62.6 Å². The van der Waals surface area contributed by atoms with Crippen molar-refractivity contribution in [2.24, 2.45) is 7.05 Å². The Morgan fingerprint density at radius 1 is 1.14 bits per heavy atom. The van der Waals surface area contributed by atoms with E-state index in [0.29, 0.717) is 12.1 Å². The number of hydrogen-bond donors (Lipinski definition) is 1. The molecule has 1 N–H and O–H groups in total. The van der Waals surface area contributed by atoms with Gasteiger partial charge in [0.25, 0.3) is 5.91 Å². The lowest BCUT2D eigenvalue weighted by Crippen LogP contribution is -2.54. The number of aromatic nitrogens is 2. The summed E-state index contributed by atoms with van der Waals surface area (Å²) in [5, 5.41) is 7.52. The molecule has 2 saturated heterocycles. The van der Waals surface area contributed by atoms with Crippen molar-refractivity contribution >= 4 is 11.6 Å². The maximum absolute atomic E-state index is 13.5. The Hall–Kier alpha value is -3.32. The summed E-state index contributed by atoms with van der Waals surface area (Å²) in [4.78, 5) is 18.7. The predicted molar refractivity (Wildman–Crippen MR) is 148 cm³/mol. The quantitative estimate of drug-likeness (QED) is 0.473. The van der Waals surface area contributed by atoms with Gasteiger partial charge in [0.2, 0.25) is 0 Å². The molecule has 2 aromatic carbocycles. The number of anilines is 1. The van der Waals surface area contributed by atoms with Crippen LogP contribution in [-0.2, 0) is 7.05 Å². The third-order valence-electron chi connectivity index (χ3n) is 8.00. The molecule has 5 rings (SSSR count). The number of carbonyl (C=O) groups excluding carboxylic acids is 1. The number of amides is 1. The standard InChI is InChI=1S/C30H39N5O2/c1-6-11-35-26-9-10-27(35)19-34(18-26)25-8-7-20(2)29(15-25)30(36)32-21(3)22-12-23(14-28(13-22)37-5)24-16-31-33(4)17-24/h7-8,12-17,21,26-27H,6,9-11,18-19H2,1-5H3,(H,32,36)/t21-,26-,27+/m1/s1. The Balaban J connectivity index is 1.33. The molecular formula is C30H39N5O2. The van der Waals surface area contributed by atoms with Crippen molar-refractivity contribution in [1.82, 2.24) is 20.0 Å². The molecule has 0 saturated carbocycles. The average Bonchev–Trinajstić information content (AvgIpc) is 3.42. The fraction of sp³-hybridized carbons (Fsp3) is 0.467. The summed E-state index contributed by atoms with van der Waals surface area (Å²) in [6.45, 7) is 9.57. The Kier molecular flexibility index (Phi) is 7.24. The molecule has 1 aromatic heterocycles. The molecule has 3 aromatic rings. The molecule has 196 valence electrons. The molecule has 3 heterocycles. The lowest BCUT2D eigenvalue weighted by Gasteiger charge is -2.42. The van der Waals surface area contributed by atoms with Gasteiger partial charge in [0.15, 0.2) is 0 Å². The van der Waals surface area contributed by atoms with Gasteiger partial charge in [0, 0.05) is 55.2 Å². The van der Waals surface area contributed by atoms with Crippen molar-refractivity contribution in [3.05, 3.63) is 65.5 Å². The lowest BCUT2D eigenvalue weighted by molar-refractivity contribution is 0.0939. The van der Waals surface area contributed by atoms with Crippen LogP contribution in [0.3, 0.4) is 0 Å². The van der Waals surface area contributed by atoms with Crippen LogP contribution in [0.25, 0.3) is 11.1 Å². The Bertz CT molecular complexity index is 1250. The van der Waals surface area contributed by atoms with Crippen molar-refractivity contribution < 1.29 is 9.53 Å². The van der Waals surface area contributed by atoms with E-state index in [4.69, 9.17) is 4.74 Å². The molecule has 37 heavy (non-hydrogen) atoms. The first-order valence-corrected chi connectivity index (χ1v) is 13.5. The van der Waals surface area contributed by atoms with Gasteiger partial charge in [0.05, 0.1) is 19.3 Å². The number of hydrogen-bond acceptors (Lipinski definition) is 5. The number of aryl methyl sites for hydroxylation is 2. The van der Waals surface area contributed by atoms with Gasteiger partial charge in [-0.1, -0.05) is 13.0 Å². The van der Waals surface area contributed by atoms with Crippen LogP contribution in [0, 0.1) is 6.92 Å². The molecule has 2 aliphatic rings. The van der Waals surface area contributed by atoms with Crippen LogP contribution in [0.15, 0.2) is 48.8 Å². The molecule has 2 fully saturated rings. The third-order valence-corrected chi connectivity index (χ3v) is 8.00. The second-order valence-corrected chi connectivity index (χ2v) is 10.6. The summed E-state index contributed by atoms with van der Waals surface area (Å²) < 4.78 is 7.34. The van der Waals surface area contributed by atoms with Crippen molar-refractivity contribution in [1.29, 1.82) is 0 Å². The van der Waals surface area contributed by atoms with Crippen molar-refractivity contribution in [3.8, 4) is 16.9 Å². The van der Waals surface area contributed by atoms with Gasteiger partial charge in [0.1, 0.15) is 5.75 Å². The van der Waals surface area contributed by atoms with E-state index in [9.17, 15) is 4.79 Å². The summed E-state index contributed by atoms with van der Waals surface area (Å²) in [5.74, 6) is 0.706. The Labute approximate surface area is 220 Å². The zero-order chi connectivity index (χ0) is 26.1. The highest BCUT2D eigenvalue weighted by Crippen LogP contribution is 2.34. The molecule has 3 atom stereocenters. The molecule has 7 heteroatoms. The number of nitrogens with zero attached hydrogens (tertiary/aromatic N) is 4. The van der Waals surface area contributed by atoms with Crippen LogP contribution < -0.4 is 15.0 Å². The van der Waals surface area contributed by atoms with E-state index < -0.39 is 0 Å². The van der Waals surface area contributed by atoms with E-state index in [1.807, 2.05) is 45.4 Å². The van der Waals surface area contributed by atoms with E-state index >= 15 is 0 Å². The second-order valence-electron chi connectivity index (χ2n) is 10.6. The number of ether oxygens (including phenoxy) is 1. The highest BCUT2D eigenvalue weighted by Gasteiger charge is 2.39. The minimum atomic E-state index is -0.186. The van der Waals surface area contributed by atoms with E-state index in [0.717, 1.165) is 52.3 Å². The average molecular weight is 502 g/mol. The fourth-order valence-corrected chi connectivity index (χ4v) is 5.96. The highest BCUT2D eigenvalue weighted by atomic mass is 16.5. The maximum Gasteiger partial charge on any atom is 0.252 e. The molecular weight excluding hydrogens is 462 g/mol. The van der Waals surface area contributed by atoms with Gasteiger partial charge in [-0.2, -0.15) is 5.10 Å². The number of benzene rings is 2. The van der Waals surface area contributed by atoms with Crippen molar-refractivity contribution in [2.75, 3.05) is 31.6 Å². The molecule has 2 aliphatic heterocycles. The maximum atomic E-state index is 13.5. The first-order chi connectivity index (χ1) is 17.9. The molecule has 1 amide bonds. The van der Waals surface area contributed by atoms with Crippen molar-refractivity contribution in [2.45, 2.75) is 58.2 Å². The molecule has 0 radical (unpaired) electrons. The number of methoxy groups -OCH3 is 1. The summed E-state index contributed by atoms with van der Waals surface area (Å²) in [6, 6.07) is 13.5. The van der Waals surface area contributed by atoms with Gasteiger partial charge < -0.3 is 15.0 Å². The zero-order valence-electron chi connectivity index (χ0n) is 22.7. The minimum Gasteiger partial charge on any atom is -0.497 e. The molecule has 2 bridgehead atoms. The minimum absolute atomic E-state index is 0.0508. The molecule has 0 spiro atoms. The summed E-state index contributed by atoms with van der Waals surface area (Å²) in [5.41, 5.74) is 5.89. The molecule has 7 nitrogen and oxygen atoms in total. The van der Waals surface area contributed by atoms with Crippen LogP contribution in [-0.4, -0.2) is 59.4 Å². The third kappa shape index (κ3) is 5.23. The normalized spacial score (nSPS) is 20.2. The number of nitrogens with one attached hydrogen (secondary N) is 1. The summed E-state index contributed by atoms with van der Waals surface area (Å²) in [6.07, 6.45) is 7.58. The Morgan fingerprint density at radius 3 is 2.54 bits per heavy atom. The van der Waals surface area contributed by atoms with Crippen molar-refractivity contribution in [3.63, 3.8) is 0 Å². The van der Waals surface area contributed by atoms with Gasteiger partial charge in [-0.25, -0.2) is 0 Å². The first kappa shape index (κ1) is 25.3. The number of carbonyl (C=O) groups is 1. The second kappa shape index (κ2) is 10.6. The van der Waals surface area contributed by atoms with E-state index in [-0.39, 0.29) is 11.9 Å². The molecule has 0 aliphatic carbocycles. The van der Waals surface area contributed by atoms with Crippen LogP contribution in [0.5, 0.6) is 5.75 Å². The van der Waals surface area contributed by atoms with Gasteiger partial charge in [-0.3, -0.25) is 14.4 Å². The zero-order valence-corrected chi connectivity index (χ0v) is 22.7.